The van der Waals surface area contributed by atoms with E-state index < -0.39 is 22.8 Å². The molecule has 2 saturated carbocycles. The highest BCUT2D eigenvalue weighted by atomic mass is 16.4. The zero-order valence-corrected chi connectivity index (χ0v) is 12.8. The normalized spacial score (nSPS) is 24.4. The largest absolute Gasteiger partial charge is 0.550 e. The minimum Gasteiger partial charge on any atom is -0.550 e. The van der Waals surface area contributed by atoms with Crippen molar-refractivity contribution in [3.8, 4) is 0 Å². The van der Waals surface area contributed by atoms with Gasteiger partial charge in [0, 0.05) is 22.8 Å². The fourth-order valence-corrected chi connectivity index (χ4v) is 4.33. The molecule has 0 unspecified atom stereocenters. The lowest BCUT2D eigenvalue weighted by atomic mass is 9.67. The Balaban J connectivity index is 1.94. The number of hydrogen-bond acceptors (Lipinski definition) is 4. The van der Waals surface area contributed by atoms with E-state index in [1.54, 1.807) is 0 Å². The van der Waals surface area contributed by atoms with Crippen LogP contribution in [-0.2, 0) is 9.59 Å². The van der Waals surface area contributed by atoms with E-state index in [2.05, 4.69) is 0 Å². The van der Waals surface area contributed by atoms with Gasteiger partial charge in [-0.2, -0.15) is 0 Å². The number of carboxylic acid groups (broad SMARTS) is 2. The predicted molar refractivity (Wildman–Crippen MR) is 74.9 cm³/mol. The summed E-state index contributed by atoms with van der Waals surface area (Å²) in [4.78, 5) is 23.1. The molecule has 2 aliphatic rings. The minimum absolute atomic E-state index is 0.560. The lowest BCUT2D eigenvalue weighted by molar-refractivity contribution is -0.322. The van der Waals surface area contributed by atoms with E-state index in [0.717, 1.165) is 38.5 Å². The number of rotatable bonds is 6. The van der Waals surface area contributed by atoms with Gasteiger partial charge in [0.15, 0.2) is 0 Å². The van der Waals surface area contributed by atoms with Gasteiger partial charge in [0.2, 0.25) is 0 Å². The average Bonchev–Trinajstić information content (AvgIpc) is 2.49. The van der Waals surface area contributed by atoms with Gasteiger partial charge in [0.05, 0.1) is 0 Å². The highest BCUT2D eigenvalue weighted by Crippen LogP contribution is 2.44. The van der Waals surface area contributed by atoms with Crippen LogP contribution in [0.25, 0.3) is 0 Å². The van der Waals surface area contributed by atoms with E-state index in [1.807, 2.05) is 0 Å². The van der Waals surface area contributed by atoms with Crippen molar-refractivity contribution in [2.45, 2.75) is 83.5 Å². The van der Waals surface area contributed by atoms with E-state index in [0.29, 0.717) is 44.9 Å². The Labute approximate surface area is 126 Å². The van der Waals surface area contributed by atoms with Crippen LogP contribution in [0.5, 0.6) is 0 Å². The van der Waals surface area contributed by atoms with E-state index in [-0.39, 0.29) is 0 Å². The molecule has 0 amide bonds. The molecule has 0 N–H and O–H groups in total. The predicted octanol–water partition coefficient (Wildman–Crippen LogP) is 1.56. The maximum atomic E-state index is 11.5. The quantitative estimate of drug-likeness (QED) is 0.744. The van der Waals surface area contributed by atoms with Crippen molar-refractivity contribution in [1.82, 2.24) is 0 Å². The minimum atomic E-state index is -0.937. The van der Waals surface area contributed by atoms with E-state index in [9.17, 15) is 19.8 Å². The fourth-order valence-electron chi connectivity index (χ4n) is 4.33. The summed E-state index contributed by atoms with van der Waals surface area (Å²) in [6.45, 7) is 0. The molecule has 0 aliphatic heterocycles. The standard InChI is InChI=1S/C17H28O4/c18-14(19)16(8-3-1-4-9-16)12-7-13-17(15(20)21)10-5-2-6-11-17/h1-13H2,(H,18,19)(H,20,21)/p-2. The Morgan fingerprint density at radius 2 is 1.00 bits per heavy atom. The van der Waals surface area contributed by atoms with Gasteiger partial charge in [-0.1, -0.05) is 44.9 Å². The van der Waals surface area contributed by atoms with Gasteiger partial charge in [-0.05, 0) is 38.5 Å². The zero-order chi connectivity index (χ0) is 15.3. The number of aliphatic carboxylic acids is 2. The zero-order valence-electron chi connectivity index (χ0n) is 12.8. The molecule has 21 heavy (non-hydrogen) atoms. The van der Waals surface area contributed by atoms with Crippen molar-refractivity contribution < 1.29 is 19.8 Å². The molecule has 0 bridgehead atoms. The summed E-state index contributed by atoms with van der Waals surface area (Å²) < 4.78 is 0. The molecular formula is C17H26O4-2. The van der Waals surface area contributed by atoms with Crippen molar-refractivity contribution in [1.29, 1.82) is 0 Å². The molecule has 2 rings (SSSR count). The van der Waals surface area contributed by atoms with E-state index in [4.69, 9.17) is 0 Å². The lowest BCUT2D eigenvalue weighted by Gasteiger charge is -2.41. The number of carboxylic acids is 2. The molecule has 2 aliphatic carbocycles. The summed E-state index contributed by atoms with van der Waals surface area (Å²) in [6.07, 6.45) is 10.5. The lowest BCUT2D eigenvalue weighted by Crippen LogP contribution is -2.45. The van der Waals surface area contributed by atoms with Gasteiger partial charge < -0.3 is 19.8 Å². The molecule has 2 fully saturated rings. The fraction of sp³-hybridized carbons (Fsp3) is 0.882. The van der Waals surface area contributed by atoms with Gasteiger partial charge in [-0.25, -0.2) is 0 Å². The van der Waals surface area contributed by atoms with E-state index >= 15 is 0 Å². The van der Waals surface area contributed by atoms with Crippen molar-refractivity contribution >= 4 is 11.9 Å². The van der Waals surface area contributed by atoms with Crippen LogP contribution in [-0.4, -0.2) is 11.9 Å². The Bertz CT molecular complexity index is 340. The Morgan fingerprint density at radius 1 is 0.667 bits per heavy atom. The number of hydrogen-bond donors (Lipinski definition) is 0. The highest BCUT2D eigenvalue weighted by Gasteiger charge is 2.36. The molecule has 120 valence electrons. The third kappa shape index (κ3) is 3.58. The molecular weight excluding hydrogens is 268 g/mol. The van der Waals surface area contributed by atoms with Crippen LogP contribution in [0, 0.1) is 10.8 Å². The first-order chi connectivity index (χ1) is 10.0. The molecule has 0 heterocycles. The number of carbonyl (C=O) groups is 2. The van der Waals surface area contributed by atoms with Crippen molar-refractivity contribution in [3.05, 3.63) is 0 Å². The van der Waals surface area contributed by atoms with Crippen LogP contribution in [0.15, 0.2) is 0 Å². The molecule has 0 spiro atoms. The SMILES string of the molecule is O=C([O-])C1(CCCC2(C(=O)[O-])CCCCC2)CCCCC1. The van der Waals surface area contributed by atoms with Crippen LogP contribution >= 0.6 is 0 Å². The first kappa shape index (κ1) is 16.3. The summed E-state index contributed by atoms with van der Waals surface area (Å²) in [5.74, 6) is -1.87. The molecule has 0 aromatic carbocycles. The Morgan fingerprint density at radius 3 is 1.29 bits per heavy atom. The van der Waals surface area contributed by atoms with E-state index in [1.165, 1.54) is 0 Å². The smallest absolute Gasteiger partial charge is 0.0476 e. The second-order valence-electron chi connectivity index (χ2n) is 7.11. The topological polar surface area (TPSA) is 80.3 Å². The van der Waals surface area contributed by atoms with Crippen molar-refractivity contribution in [2.75, 3.05) is 0 Å². The molecule has 4 nitrogen and oxygen atoms in total. The summed E-state index contributed by atoms with van der Waals surface area (Å²) >= 11 is 0. The highest BCUT2D eigenvalue weighted by molar-refractivity contribution is 5.73. The third-order valence-electron chi connectivity index (χ3n) is 5.80. The molecule has 0 saturated heterocycles. The van der Waals surface area contributed by atoms with Crippen molar-refractivity contribution in [2.24, 2.45) is 10.8 Å². The van der Waals surface area contributed by atoms with Crippen LogP contribution in [0.4, 0.5) is 0 Å². The average molecular weight is 294 g/mol. The van der Waals surface area contributed by atoms with Gasteiger partial charge in [-0.15, -0.1) is 0 Å². The first-order valence-electron chi connectivity index (χ1n) is 8.44. The molecule has 0 atom stereocenters. The number of carbonyl (C=O) groups excluding carboxylic acids is 2. The van der Waals surface area contributed by atoms with Gasteiger partial charge in [0.25, 0.3) is 0 Å². The summed E-state index contributed by atoms with van der Waals surface area (Å²) in [7, 11) is 0. The second-order valence-corrected chi connectivity index (χ2v) is 7.11. The molecule has 0 aromatic heterocycles. The maximum absolute atomic E-state index is 11.5. The third-order valence-corrected chi connectivity index (χ3v) is 5.80. The van der Waals surface area contributed by atoms with Crippen LogP contribution < -0.4 is 10.2 Å². The molecule has 4 heteroatoms. The molecule has 0 aromatic rings. The molecule has 0 radical (unpaired) electrons. The van der Waals surface area contributed by atoms with Crippen LogP contribution in [0.3, 0.4) is 0 Å². The summed E-state index contributed by atoms with van der Waals surface area (Å²) in [5.41, 5.74) is -1.42. The van der Waals surface area contributed by atoms with Gasteiger partial charge >= 0.3 is 0 Å². The summed E-state index contributed by atoms with van der Waals surface area (Å²) in [6, 6.07) is 0. The van der Waals surface area contributed by atoms with Crippen LogP contribution in [0.2, 0.25) is 0 Å². The van der Waals surface area contributed by atoms with Crippen LogP contribution in [0.1, 0.15) is 83.5 Å². The van der Waals surface area contributed by atoms with Crippen molar-refractivity contribution in [3.63, 3.8) is 0 Å². The second kappa shape index (κ2) is 6.80. The monoisotopic (exact) mass is 294 g/mol. The van der Waals surface area contributed by atoms with Gasteiger partial charge in [-0.3, -0.25) is 0 Å². The Kier molecular flexibility index (Phi) is 5.28. The maximum Gasteiger partial charge on any atom is 0.0476 e. The summed E-state index contributed by atoms with van der Waals surface area (Å²) in [5, 5.41) is 23.1. The first-order valence-corrected chi connectivity index (χ1v) is 8.44. The Hall–Kier alpha value is -1.06. The van der Waals surface area contributed by atoms with Gasteiger partial charge in [0.1, 0.15) is 0 Å².